The van der Waals surface area contributed by atoms with E-state index >= 15 is 0 Å². The Balaban J connectivity index is 1.26. The molecular weight excluding hydrogens is 328 g/mol. The van der Waals surface area contributed by atoms with E-state index in [1.54, 1.807) is 0 Å². The minimum atomic E-state index is -0.611. The number of imide groups is 1. The van der Waals surface area contributed by atoms with Crippen LogP contribution in [0.5, 0.6) is 5.75 Å². The monoisotopic (exact) mass is 350 g/mol. The van der Waals surface area contributed by atoms with E-state index in [0.29, 0.717) is 25.0 Å². The van der Waals surface area contributed by atoms with Crippen LogP contribution in [-0.4, -0.2) is 35.5 Å². The first kappa shape index (κ1) is 15.7. The van der Waals surface area contributed by atoms with Crippen LogP contribution in [0.4, 0.5) is 4.79 Å². The molecule has 3 amide bonds. The van der Waals surface area contributed by atoms with Crippen molar-refractivity contribution in [1.82, 2.24) is 10.2 Å². The van der Waals surface area contributed by atoms with Crippen molar-refractivity contribution in [2.75, 3.05) is 13.2 Å². The molecule has 3 fully saturated rings. The van der Waals surface area contributed by atoms with E-state index < -0.39 is 5.54 Å². The first-order valence-corrected chi connectivity index (χ1v) is 9.44. The van der Waals surface area contributed by atoms with Crippen LogP contribution in [-0.2, 0) is 4.79 Å². The lowest BCUT2D eigenvalue weighted by Crippen LogP contribution is -2.51. The second-order valence-corrected chi connectivity index (χ2v) is 7.66. The number of ether oxygens (including phenoxy) is 1. The third kappa shape index (κ3) is 2.45. The maximum absolute atomic E-state index is 13.0. The number of nitrogens with one attached hydrogen (secondary N) is 1. The van der Waals surface area contributed by atoms with Gasteiger partial charge in [-0.2, -0.15) is 0 Å². The summed E-state index contributed by atoms with van der Waals surface area (Å²) in [6, 6.07) is 13.8. The van der Waals surface area contributed by atoms with Gasteiger partial charge in [0.05, 0.1) is 6.54 Å². The third-order valence-electron chi connectivity index (χ3n) is 5.91. The quantitative estimate of drug-likeness (QED) is 0.813. The molecule has 0 aromatic heterocycles. The molecule has 1 heterocycles. The Morgan fingerprint density at radius 1 is 1.00 bits per heavy atom. The summed E-state index contributed by atoms with van der Waals surface area (Å²) < 4.78 is 5.82. The number of hydrogen-bond donors (Lipinski definition) is 1. The van der Waals surface area contributed by atoms with Crippen LogP contribution < -0.4 is 10.1 Å². The Morgan fingerprint density at radius 3 is 2.38 bits per heavy atom. The van der Waals surface area contributed by atoms with E-state index in [0.717, 1.165) is 42.2 Å². The number of fused-ring (bicyclic) bond motifs is 1. The molecule has 0 unspecified atom stereocenters. The van der Waals surface area contributed by atoms with Crippen LogP contribution in [0.25, 0.3) is 10.8 Å². The maximum atomic E-state index is 13.0. The number of hydrogen-bond acceptors (Lipinski definition) is 3. The molecule has 1 N–H and O–H groups in total. The Kier molecular flexibility index (Phi) is 3.45. The van der Waals surface area contributed by atoms with Crippen molar-refractivity contribution < 1.29 is 14.3 Å². The van der Waals surface area contributed by atoms with Crippen molar-refractivity contribution in [2.24, 2.45) is 11.8 Å². The lowest BCUT2D eigenvalue weighted by atomic mass is 9.87. The largest absolute Gasteiger partial charge is 0.492 e. The van der Waals surface area contributed by atoms with E-state index in [4.69, 9.17) is 4.74 Å². The van der Waals surface area contributed by atoms with E-state index in [1.807, 2.05) is 36.4 Å². The molecule has 3 aliphatic rings. The van der Waals surface area contributed by atoms with Gasteiger partial charge in [0.2, 0.25) is 0 Å². The normalized spacial score (nSPS) is 21.9. The van der Waals surface area contributed by atoms with Gasteiger partial charge >= 0.3 is 6.03 Å². The predicted octanol–water partition coefficient (Wildman–Crippen LogP) is 3.33. The summed E-state index contributed by atoms with van der Waals surface area (Å²) in [5.41, 5.74) is -0.611. The second-order valence-electron chi connectivity index (χ2n) is 7.66. The zero-order valence-electron chi connectivity index (χ0n) is 14.6. The molecular formula is C21H22N2O3. The minimum Gasteiger partial charge on any atom is -0.492 e. The van der Waals surface area contributed by atoms with Gasteiger partial charge in [0.25, 0.3) is 5.91 Å². The summed E-state index contributed by atoms with van der Waals surface area (Å²) in [4.78, 5) is 26.8. The average Bonchev–Trinajstić information content (AvgIpc) is 3.55. The molecule has 0 bridgehead atoms. The Morgan fingerprint density at radius 2 is 1.69 bits per heavy atom. The smallest absolute Gasteiger partial charge is 0.325 e. The first-order chi connectivity index (χ1) is 12.7. The lowest BCUT2D eigenvalue weighted by molar-refractivity contribution is -0.133. The molecule has 5 heteroatoms. The Bertz CT molecular complexity index is 874. The van der Waals surface area contributed by atoms with Crippen molar-refractivity contribution in [1.29, 1.82) is 0 Å². The highest BCUT2D eigenvalue weighted by molar-refractivity contribution is 6.08. The molecule has 0 atom stereocenters. The van der Waals surface area contributed by atoms with Crippen LogP contribution in [0.3, 0.4) is 0 Å². The van der Waals surface area contributed by atoms with Crippen LogP contribution in [0, 0.1) is 11.8 Å². The molecule has 0 radical (unpaired) electrons. The molecule has 5 nitrogen and oxygen atoms in total. The lowest BCUT2D eigenvalue weighted by Gasteiger charge is -2.26. The number of amides is 3. The molecule has 2 saturated carbocycles. The summed E-state index contributed by atoms with van der Waals surface area (Å²) >= 11 is 0. The molecule has 134 valence electrons. The topological polar surface area (TPSA) is 58.6 Å². The summed E-state index contributed by atoms with van der Waals surface area (Å²) in [7, 11) is 0. The second kappa shape index (κ2) is 5.73. The number of carbonyl (C=O) groups is 2. The van der Waals surface area contributed by atoms with E-state index in [1.165, 1.54) is 4.90 Å². The Labute approximate surface area is 152 Å². The minimum absolute atomic E-state index is 0.0328. The molecule has 0 spiro atoms. The molecule has 26 heavy (non-hydrogen) atoms. The summed E-state index contributed by atoms with van der Waals surface area (Å²) in [6.07, 6.45) is 4.18. The van der Waals surface area contributed by atoms with E-state index in [9.17, 15) is 9.59 Å². The van der Waals surface area contributed by atoms with E-state index in [-0.39, 0.29) is 11.9 Å². The van der Waals surface area contributed by atoms with Gasteiger partial charge in [-0.3, -0.25) is 9.69 Å². The predicted molar refractivity (Wildman–Crippen MR) is 97.9 cm³/mol. The first-order valence-electron chi connectivity index (χ1n) is 9.44. The molecule has 5 rings (SSSR count). The highest BCUT2D eigenvalue weighted by Gasteiger charge is 2.65. The van der Waals surface area contributed by atoms with Crippen molar-refractivity contribution in [3.8, 4) is 5.75 Å². The molecule has 2 aromatic rings. The van der Waals surface area contributed by atoms with Crippen molar-refractivity contribution in [3.63, 3.8) is 0 Å². The number of benzene rings is 2. The maximum Gasteiger partial charge on any atom is 0.325 e. The fourth-order valence-electron chi connectivity index (χ4n) is 4.29. The van der Waals surface area contributed by atoms with Gasteiger partial charge in [-0.1, -0.05) is 30.3 Å². The van der Waals surface area contributed by atoms with Gasteiger partial charge in [-0.05, 0) is 60.4 Å². The van der Waals surface area contributed by atoms with Gasteiger partial charge in [0.15, 0.2) is 0 Å². The van der Waals surface area contributed by atoms with Crippen molar-refractivity contribution >= 4 is 22.7 Å². The number of rotatable bonds is 6. The van der Waals surface area contributed by atoms with Gasteiger partial charge in [0, 0.05) is 0 Å². The van der Waals surface area contributed by atoms with Gasteiger partial charge in [-0.25, -0.2) is 4.79 Å². The fourth-order valence-corrected chi connectivity index (χ4v) is 4.29. The van der Waals surface area contributed by atoms with E-state index in [2.05, 4.69) is 11.4 Å². The van der Waals surface area contributed by atoms with Crippen molar-refractivity contribution in [3.05, 3.63) is 42.5 Å². The fraction of sp³-hybridized carbons (Fsp3) is 0.429. The third-order valence-corrected chi connectivity index (χ3v) is 5.91. The number of carbonyl (C=O) groups excluding carboxylic acids is 2. The highest BCUT2D eigenvalue weighted by atomic mass is 16.5. The van der Waals surface area contributed by atoms with Crippen LogP contribution in [0.15, 0.2) is 42.5 Å². The molecule has 1 aliphatic heterocycles. The molecule has 2 aliphatic carbocycles. The summed E-state index contributed by atoms with van der Waals surface area (Å²) in [5, 5.41) is 5.32. The Hall–Kier alpha value is -2.56. The van der Waals surface area contributed by atoms with Crippen molar-refractivity contribution in [2.45, 2.75) is 31.2 Å². The summed E-state index contributed by atoms with van der Waals surface area (Å²) in [6.45, 7) is 0.599. The van der Waals surface area contributed by atoms with Crippen LogP contribution >= 0.6 is 0 Å². The molecule has 1 saturated heterocycles. The van der Waals surface area contributed by atoms with Gasteiger partial charge < -0.3 is 10.1 Å². The zero-order valence-corrected chi connectivity index (χ0v) is 14.6. The number of nitrogens with zero attached hydrogens (tertiary/aromatic N) is 1. The van der Waals surface area contributed by atoms with Crippen LogP contribution in [0.1, 0.15) is 25.7 Å². The molecule has 2 aromatic carbocycles. The zero-order chi connectivity index (χ0) is 17.7. The van der Waals surface area contributed by atoms with Gasteiger partial charge in [0.1, 0.15) is 17.9 Å². The number of urea groups is 1. The standard InChI is InChI=1S/C21H22N2O3/c24-19-21(16-6-7-16,17-8-9-17)22-20(25)23(19)11-12-26-18-10-5-14-3-1-2-4-15(14)13-18/h1-5,10,13,16-17H,6-9,11-12H2,(H,22,25). The average molecular weight is 350 g/mol. The highest BCUT2D eigenvalue weighted by Crippen LogP contribution is 2.54. The van der Waals surface area contributed by atoms with Crippen LogP contribution in [0.2, 0.25) is 0 Å². The SMILES string of the molecule is O=C1NC(C2CC2)(C2CC2)C(=O)N1CCOc1ccc2ccccc2c1. The summed E-state index contributed by atoms with van der Waals surface area (Å²) in [5.74, 6) is 1.39. The van der Waals surface area contributed by atoms with Gasteiger partial charge in [-0.15, -0.1) is 0 Å².